The van der Waals surface area contributed by atoms with Crippen molar-refractivity contribution in [3.05, 3.63) is 51.6 Å². The summed E-state index contributed by atoms with van der Waals surface area (Å²) >= 11 is 2.40. The lowest BCUT2D eigenvalue weighted by Crippen LogP contribution is -2.27. The number of imide groups is 1. The molecule has 0 aromatic carbocycles. The van der Waals surface area contributed by atoms with E-state index in [0.717, 1.165) is 21.5 Å². The number of rotatable bonds is 4. The van der Waals surface area contributed by atoms with Crippen LogP contribution in [-0.2, 0) is 11.3 Å². The molecule has 2 amide bonds. The standard InChI is InChI=1S/C15H9N3O4S2/c19-14-11(7-9-3-2-6-23-9)24-15(20)18(14)8-12-16-13(17-22-12)10-4-1-5-21-10/h1-7H,8H2/b11-7-. The van der Waals surface area contributed by atoms with E-state index in [4.69, 9.17) is 8.94 Å². The Morgan fingerprint density at radius 2 is 2.17 bits per heavy atom. The van der Waals surface area contributed by atoms with Crippen molar-refractivity contribution in [1.29, 1.82) is 0 Å². The Kier molecular flexibility index (Phi) is 3.79. The molecule has 1 aliphatic heterocycles. The number of aromatic nitrogens is 2. The van der Waals surface area contributed by atoms with E-state index in [1.807, 2.05) is 17.5 Å². The van der Waals surface area contributed by atoms with Gasteiger partial charge in [-0.15, -0.1) is 11.3 Å². The van der Waals surface area contributed by atoms with Crippen LogP contribution in [0.5, 0.6) is 0 Å². The molecule has 0 atom stereocenters. The van der Waals surface area contributed by atoms with Crippen molar-refractivity contribution in [1.82, 2.24) is 15.0 Å². The molecular formula is C15H9N3O4S2. The lowest BCUT2D eigenvalue weighted by molar-refractivity contribution is -0.123. The Morgan fingerprint density at radius 3 is 2.92 bits per heavy atom. The first-order chi connectivity index (χ1) is 11.7. The summed E-state index contributed by atoms with van der Waals surface area (Å²) in [6, 6.07) is 7.16. The predicted molar refractivity (Wildman–Crippen MR) is 87.8 cm³/mol. The number of furan rings is 1. The molecule has 0 radical (unpaired) electrons. The molecule has 0 N–H and O–H groups in total. The maximum absolute atomic E-state index is 12.4. The fourth-order valence-electron chi connectivity index (χ4n) is 2.10. The summed E-state index contributed by atoms with van der Waals surface area (Å²) in [5.41, 5.74) is 0. The molecule has 24 heavy (non-hydrogen) atoms. The normalized spacial score (nSPS) is 16.5. The highest BCUT2D eigenvalue weighted by Gasteiger charge is 2.36. The van der Waals surface area contributed by atoms with Crippen LogP contribution in [0.2, 0.25) is 0 Å². The average Bonchev–Trinajstić information content (AvgIpc) is 3.33. The summed E-state index contributed by atoms with van der Waals surface area (Å²) in [6.07, 6.45) is 3.20. The fourth-order valence-corrected chi connectivity index (χ4v) is 3.66. The second kappa shape index (κ2) is 6.10. The highest BCUT2D eigenvalue weighted by Crippen LogP contribution is 2.33. The van der Waals surface area contributed by atoms with E-state index in [2.05, 4.69) is 10.1 Å². The quantitative estimate of drug-likeness (QED) is 0.657. The Balaban J connectivity index is 1.52. The van der Waals surface area contributed by atoms with Crippen LogP contribution in [0.25, 0.3) is 17.7 Å². The van der Waals surface area contributed by atoms with Crippen molar-refractivity contribution in [3.8, 4) is 11.6 Å². The third-order valence-electron chi connectivity index (χ3n) is 3.19. The van der Waals surface area contributed by atoms with E-state index in [1.165, 1.54) is 17.6 Å². The molecule has 120 valence electrons. The zero-order valence-electron chi connectivity index (χ0n) is 12.0. The number of carbonyl (C=O) groups excluding carboxylic acids is 2. The number of hydrogen-bond donors (Lipinski definition) is 0. The Hall–Kier alpha value is -2.65. The van der Waals surface area contributed by atoms with Gasteiger partial charge in [-0.2, -0.15) is 4.98 Å². The van der Waals surface area contributed by atoms with Gasteiger partial charge in [0, 0.05) is 4.88 Å². The van der Waals surface area contributed by atoms with Crippen LogP contribution in [-0.4, -0.2) is 26.2 Å². The van der Waals surface area contributed by atoms with Gasteiger partial charge in [-0.3, -0.25) is 14.5 Å². The van der Waals surface area contributed by atoms with Gasteiger partial charge in [-0.25, -0.2) is 0 Å². The molecule has 0 aliphatic carbocycles. The first kappa shape index (κ1) is 14.9. The van der Waals surface area contributed by atoms with Crippen molar-refractivity contribution < 1.29 is 18.5 Å². The summed E-state index contributed by atoms with van der Waals surface area (Å²) in [5, 5.41) is 5.33. The number of thiophene rings is 1. The average molecular weight is 359 g/mol. The molecule has 1 aliphatic rings. The highest BCUT2D eigenvalue weighted by molar-refractivity contribution is 8.18. The minimum absolute atomic E-state index is 0.0693. The van der Waals surface area contributed by atoms with E-state index in [0.29, 0.717) is 10.7 Å². The van der Waals surface area contributed by atoms with E-state index in [-0.39, 0.29) is 29.4 Å². The summed E-state index contributed by atoms with van der Waals surface area (Å²) in [6.45, 7) is -0.0693. The van der Waals surface area contributed by atoms with Gasteiger partial charge in [0.15, 0.2) is 5.76 Å². The number of hydrogen-bond acceptors (Lipinski definition) is 8. The number of nitrogens with zero attached hydrogens (tertiary/aromatic N) is 3. The van der Waals surface area contributed by atoms with Crippen LogP contribution in [0.1, 0.15) is 10.8 Å². The summed E-state index contributed by atoms with van der Waals surface area (Å²) in [4.78, 5) is 31.0. The highest BCUT2D eigenvalue weighted by atomic mass is 32.2. The van der Waals surface area contributed by atoms with Crippen LogP contribution < -0.4 is 0 Å². The molecule has 4 heterocycles. The van der Waals surface area contributed by atoms with Gasteiger partial charge in [0.2, 0.25) is 11.7 Å². The third kappa shape index (κ3) is 2.79. The first-order valence-electron chi connectivity index (χ1n) is 6.86. The molecule has 1 fully saturated rings. The zero-order chi connectivity index (χ0) is 16.5. The van der Waals surface area contributed by atoms with Crippen LogP contribution >= 0.6 is 23.1 Å². The molecule has 0 bridgehead atoms. The lowest BCUT2D eigenvalue weighted by Gasteiger charge is -2.08. The monoisotopic (exact) mass is 359 g/mol. The van der Waals surface area contributed by atoms with Gasteiger partial charge in [0.05, 0.1) is 11.2 Å². The molecule has 3 aromatic heterocycles. The smallest absolute Gasteiger partial charge is 0.294 e. The van der Waals surface area contributed by atoms with Crippen LogP contribution in [0.4, 0.5) is 4.79 Å². The molecule has 9 heteroatoms. The van der Waals surface area contributed by atoms with Crippen LogP contribution in [0, 0.1) is 0 Å². The molecule has 7 nitrogen and oxygen atoms in total. The minimum atomic E-state index is -0.365. The van der Waals surface area contributed by atoms with Crippen molar-refractivity contribution in [2.45, 2.75) is 6.54 Å². The Bertz CT molecular complexity index is 913. The van der Waals surface area contributed by atoms with Gasteiger partial charge >= 0.3 is 0 Å². The SMILES string of the molecule is O=C1S/C(=C\c2cccs2)C(=O)N1Cc1nc(-c2ccco2)no1. The largest absolute Gasteiger partial charge is 0.461 e. The fraction of sp³-hybridized carbons (Fsp3) is 0.0667. The van der Waals surface area contributed by atoms with Gasteiger partial charge < -0.3 is 8.94 Å². The second-order valence-electron chi connectivity index (χ2n) is 4.77. The number of carbonyl (C=O) groups is 2. The van der Waals surface area contributed by atoms with Crippen molar-refractivity contribution in [3.63, 3.8) is 0 Å². The van der Waals surface area contributed by atoms with Crippen molar-refractivity contribution >= 4 is 40.3 Å². The molecule has 3 aromatic rings. The van der Waals surface area contributed by atoms with Crippen LogP contribution in [0.15, 0.2) is 49.8 Å². The van der Waals surface area contributed by atoms with Gasteiger partial charge in [-0.05, 0) is 41.4 Å². The molecule has 0 saturated carbocycles. The second-order valence-corrected chi connectivity index (χ2v) is 6.74. The number of amides is 2. The minimum Gasteiger partial charge on any atom is -0.461 e. The summed E-state index contributed by atoms with van der Waals surface area (Å²) < 4.78 is 10.3. The van der Waals surface area contributed by atoms with Gasteiger partial charge in [-0.1, -0.05) is 11.2 Å². The van der Waals surface area contributed by atoms with E-state index in [9.17, 15) is 9.59 Å². The molecule has 0 unspecified atom stereocenters. The van der Waals surface area contributed by atoms with Gasteiger partial charge in [0.1, 0.15) is 6.54 Å². The first-order valence-corrected chi connectivity index (χ1v) is 8.55. The summed E-state index contributed by atoms with van der Waals surface area (Å²) in [5.74, 6) is 0.532. The molecule has 1 saturated heterocycles. The zero-order valence-corrected chi connectivity index (χ0v) is 13.7. The number of thioether (sulfide) groups is 1. The molecule has 0 spiro atoms. The van der Waals surface area contributed by atoms with Crippen molar-refractivity contribution in [2.75, 3.05) is 0 Å². The topological polar surface area (TPSA) is 89.4 Å². The third-order valence-corrected chi connectivity index (χ3v) is 4.92. The maximum Gasteiger partial charge on any atom is 0.294 e. The van der Waals surface area contributed by atoms with Crippen LogP contribution in [0.3, 0.4) is 0 Å². The van der Waals surface area contributed by atoms with E-state index in [1.54, 1.807) is 18.2 Å². The lowest BCUT2D eigenvalue weighted by atomic mass is 10.3. The summed E-state index contributed by atoms with van der Waals surface area (Å²) in [7, 11) is 0. The van der Waals surface area contributed by atoms with Crippen molar-refractivity contribution in [2.24, 2.45) is 0 Å². The molecule has 4 rings (SSSR count). The van der Waals surface area contributed by atoms with Gasteiger partial charge in [0.25, 0.3) is 11.1 Å². The Labute approximate surface area is 144 Å². The predicted octanol–water partition coefficient (Wildman–Crippen LogP) is 3.63. The van der Waals surface area contributed by atoms with E-state index < -0.39 is 0 Å². The van der Waals surface area contributed by atoms with E-state index >= 15 is 0 Å². The maximum atomic E-state index is 12.4. The Morgan fingerprint density at radius 1 is 1.25 bits per heavy atom. The molecular weight excluding hydrogens is 350 g/mol.